The molecule has 0 bridgehead atoms. The molecule has 7 heterocycles. The Bertz CT molecular complexity index is 2210. The number of anilines is 2. The van der Waals surface area contributed by atoms with Crippen LogP contribution in [0, 0.1) is 0 Å². The van der Waals surface area contributed by atoms with Gasteiger partial charge in [0, 0.05) is 19.5 Å². The summed E-state index contributed by atoms with van der Waals surface area (Å²) in [6, 6.07) is 0. The van der Waals surface area contributed by atoms with Crippen LogP contribution in [0.25, 0.3) is 22.3 Å². The third-order valence-corrected chi connectivity index (χ3v) is 10.3. The number of aromatic amines is 1. The molecule has 0 saturated carbocycles. The van der Waals surface area contributed by atoms with Gasteiger partial charge in [0.15, 0.2) is 35.1 Å². The van der Waals surface area contributed by atoms with Crippen molar-refractivity contribution in [3.8, 4) is 0 Å². The van der Waals surface area contributed by atoms with Crippen molar-refractivity contribution < 1.29 is 116 Å². The molecular weight excluding hydrogens is 772 g/mol. The molecule has 2 aliphatic heterocycles. The summed E-state index contributed by atoms with van der Waals surface area (Å²) >= 11 is 0. The van der Waals surface area contributed by atoms with Crippen molar-refractivity contribution in [2.75, 3.05) is 31.8 Å². The van der Waals surface area contributed by atoms with Crippen LogP contribution in [0.4, 0.5) is 11.8 Å². The van der Waals surface area contributed by atoms with Crippen LogP contribution in [0.2, 0.25) is 0 Å². The molecular formula is C24H28N12Na2O13P2. The van der Waals surface area contributed by atoms with Gasteiger partial charge in [-0.3, -0.25) is 32.4 Å². The van der Waals surface area contributed by atoms with E-state index in [0.717, 1.165) is 23.4 Å². The second-order valence-electron chi connectivity index (χ2n) is 11.2. The fourth-order valence-corrected chi connectivity index (χ4v) is 7.52. The topological polar surface area (TPSA) is 353 Å². The summed E-state index contributed by atoms with van der Waals surface area (Å²) in [4.78, 5) is 64.4. The molecule has 4 unspecified atom stereocenters. The van der Waals surface area contributed by atoms with E-state index in [9.17, 15) is 33.9 Å². The van der Waals surface area contributed by atoms with Gasteiger partial charge < -0.3 is 59.2 Å². The van der Waals surface area contributed by atoms with Gasteiger partial charge in [0.2, 0.25) is 13.7 Å². The largest absolute Gasteiger partial charge is 1.00 e. The number of aliphatic hydroxyl groups is 2. The Morgan fingerprint density at radius 1 is 0.906 bits per heavy atom. The van der Waals surface area contributed by atoms with Gasteiger partial charge in [0.25, 0.3) is 13.4 Å². The first kappa shape index (κ1) is 41.9. The summed E-state index contributed by atoms with van der Waals surface area (Å²) in [6.45, 7) is -1.63. The van der Waals surface area contributed by atoms with Crippen molar-refractivity contribution >= 4 is 49.7 Å². The zero-order valence-electron chi connectivity index (χ0n) is 28.0. The van der Waals surface area contributed by atoms with Gasteiger partial charge in [0.05, 0.1) is 25.9 Å². The fraction of sp³-hybridized carbons (Fsp3) is 0.458. The molecule has 29 heteroatoms. The number of methoxy groups -OCH3 is 1. The maximum absolute atomic E-state index is 13.3. The van der Waals surface area contributed by atoms with Crippen LogP contribution < -0.4 is 85.9 Å². The number of hydrogen-bond donors (Lipinski definition) is 5. The third-order valence-electron chi connectivity index (χ3n) is 8.10. The molecule has 7 N–H and O–H groups in total. The van der Waals surface area contributed by atoms with Crippen molar-refractivity contribution in [3.63, 3.8) is 0 Å². The molecule has 10 atom stereocenters. The minimum Gasteiger partial charge on any atom is -0.761 e. The second-order valence-corrected chi connectivity index (χ2v) is 14.2. The summed E-state index contributed by atoms with van der Waals surface area (Å²) in [5, 5.41) is 21.4. The number of nitrogen functional groups attached to an aromatic ring is 2. The average Bonchev–Trinajstić information content (AvgIpc) is 3.92. The van der Waals surface area contributed by atoms with Gasteiger partial charge in [-0.15, -0.1) is 0 Å². The quantitative estimate of drug-likeness (QED) is 0.0577. The first-order valence-corrected chi connectivity index (χ1v) is 17.7. The van der Waals surface area contributed by atoms with E-state index < -0.39 is 83.4 Å². The molecule has 25 nitrogen and oxygen atoms in total. The third kappa shape index (κ3) is 8.19. The van der Waals surface area contributed by atoms with Gasteiger partial charge in [-0.2, -0.15) is 4.98 Å². The average molecular weight is 800 g/mol. The Balaban J connectivity index is 0.00000271. The zero-order chi connectivity index (χ0) is 36.2. The standard InChI is InChI=1S/C24H30N12O13P2.2Na/c1-44-17-16(11(5-45-50(40,41)34-3-2-27-7-34)48-23(17)35-8-30-12-18(25)28-6-29-19(12)35)49-51(42,43)46-4-10-14(37)15(38)22(47-10)36-9-31-13-20(36)32-24(26)33-21(13)39;;/h2-3,6-11,14-17,22-23,37-38H,4-5H2,1H3,(H,40,41)(H,42,43)(H2,25,28,29)(H3,26,32,33,39);;/q;2*+1/p-2/t10-,11-,14?,15+,16?,17+,22-,23-;;/m1../s1. The Hall–Kier alpha value is -2.23. The Kier molecular flexibility index (Phi) is 13.0. The second kappa shape index (κ2) is 16.5. The van der Waals surface area contributed by atoms with E-state index >= 15 is 0 Å². The van der Waals surface area contributed by atoms with E-state index in [-0.39, 0.29) is 93.2 Å². The van der Waals surface area contributed by atoms with Crippen LogP contribution in [0.5, 0.6) is 0 Å². The number of ether oxygens (including phenoxy) is 3. The van der Waals surface area contributed by atoms with Crippen LogP contribution in [-0.2, 0) is 36.9 Å². The number of imidazole rings is 3. The predicted molar refractivity (Wildman–Crippen MR) is 163 cm³/mol. The molecule has 0 radical (unpaired) electrons. The van der Waals surface area contributed by atoms with E-state index in [1.165, 1.54) is 30.5 Å². The molecule has 5 aromatic heterocycles. The van der Waals surface area contributed by atoms with E-state index in [1.54, 1.807) is 0 Å². The van der Waals surface area contributed by atoms with Gasteiger partial charge in [0.1, 0.15) is 54.8 Å². The summed E-state index contributed by atoms with van der Waals surface area (Å²) < 4.78 is 62.2. The summed E-state index contributed by atoms with van der Waals surface area (Å²) in [5.74, 6) is -0.205. The molecule has 0 amide bonds. The first-order chi connectivity index (χ1) is 24.3. The maximum atomic E-state index is 13.3. The number of phosphoric acid groups is 1. The number of nitrogens with zero attached hydrogens (tertiary/aromatic N) is 9. The number of hydrogen-bond acceptors (Lipinski definition) is 21. The Morgan fingerprint density at radius 3 is 2.28 bits per heavy atom. The maximum Gasteiger partial charge on any atom is 1.00 e. The number of H-pyrrole nitrogens is 1. The number of nitrogens with one attached hydrogen (secondary N) is 1. The normalized spacial score (nSPS) is 28.0. The zero-order valence-corrected chi connectivity index (χ0v) is 33.7. The predicted octanol–water partition coefficient (Wildman–Crippen LogP) is -9.24. The monoisotopic (exact) mass is 800 g/mol. The number of phosphoric ester groups is 1. The molecule has 2 aliphatic rings. The number of nitrogens with two attached hydrogens (primary N) is 2. The molecule has 2 fully saturated rings. The molecule has 0 spiro atoms. The van der Waals surface area contributed by atoms with Crippen molar-refractivity contribution in [1.82, 2.24) is 48.4 Å². The molecule has 0 aliphatic carbocycles. The summed E-state index contributed by atoms with van der Waals surface area (Å²) in [6.07, 6.45) is -4.84. The number of rotatable bonds is 12. The van der Waals surface area contributed by atoms with Crippen LogP contribution in [0.3, 0.4) is 0 Å². The fourth-order valence-electron chi connectivity index (χ4n) is 5.70. The Labute approximate surface area is 340 Å². The van der Waals surface area contributed by atoms with Crippen molar-refractivity contribution in [2.45, 2.75) is 49.1 Å². The summed E-state index contributed by atoms with van der Waals surface area (Å²) in [7, 11) is -8.95. The molecule has 7 rings (SSSR count). The first-order valence-electron chi connectivity index (χ1n) is 14.7. The summed E-state index contributed by atoms with van der Waals surface area (Å²) in [5.41, 5.74) is 11.0. The van der Waals surface area contributed by atoms with E-state index in [1.807, 2.05) is 0 Å². The van der Waals surface area contributed by atoms with Crippen molar-refractivity contribution in [2.24, 2.45) is 0 Å². The number of aromatic nitrogens is 10. The SMILES string of the molecule is CO[C@H]1C(OP(=O)([O-])OC[C@H]2O[C@@H](n3cnc4c(=O)[nH]c(N)nc43)[C@@H](O)C2O)[C@@H](COP(=O)([O-])n2ccnc2)O[C@H]1n1cnc2c(N)ncnc21.[Na+].[Na+]. The minimum absolute atomic E-state index is 0. The molecule has 2 saturated heterocycles. The van der Waals surface area contributed by atoms with Gasteiger partial charge >= 0.3 is 59.1 Å². The molecule has 53 heavy (non-hydrogen) atoms. The molecule has 0 aromatic carbocycles. The minimum atomic E-state index is -5.40. The van der Waals surface area contributed by atoms with Crippen LogP contribution in [0.1, 0.15) is 12.5 Å². The van der Waals surface area contributed by atoms with E-state index in [2.05, 4.69) is 34.9 Å². The van der Waals surface area contributed by atoms with Crippen LogP contribution in [0.15, 0.2) is 42.5 Å². The van der Waals surface area contributed by atoms with Crippen LogP contribution in [-0.4, -0.2) is 116 Å². The molecule has 5 aromatic rings. The van der Waals surface area contributed by atoms with Gasteiger partial charge in [-0.05, 0) is 0 Å². The Morgan fingerprint density at radius 2 is 1.58 bits per heavy atom. The van der Waals surface area contributed by atoms with Gasteiger partial charge in [-0.25, -0.2) is 24.9 Å². The number of fused-ring (bicyclic) bond motifs is 2. The van der Waals surface area contributed by atoms with Crippen molar-refractivity contribution in [3.05, 3.63) is 48.1 Å². The van der Waals surface area contributed by atoms with Gasteiger partial charge in [-0.1, -0.05) is 0 Å². The van der Waals surface area contributed by atoms with E-state index in [0.29, 0.717) is 4.34 Å². The number of aliphatic hydroxyl groups excluding tert-OH is 2. The van der Waals surface area contributed by atoms with Crippen molar-refractivity contribution in [1.29, 1.82) is 0 Å². The smallest absolute Gasteiger partial charge is 0.761 e. The van der Waals surface area contributed by atoms with Crippen LogP contribution >= 0.6 is 15.6 Å². The molecule has 274 valence electrons. The van der Waals surface area contributed by atoms with E-state index in [4.69, 9.17) is 39.2 Å².